The van der Waals surface area contributed by atoms with Gasteiger partial charge in [-0.05, 0) is 37.0 Å². The van der Waals surface area contributed by atoms with Crippen LogP contribution in [0.4, 0.5) is 0 Å². The largest absolute Gasteiger partial charge is 0.309 e. The molecule has 0 aliphatic carbocycles. The van der Waals surface area contributed by atoms with Crippen molar-refractivity contribution in [1.82, 2.24) is 15.2 Å². The number of nitrogens with zero attached hydrogens (tertiary/aromatic N) is 2. The number of likely N-dealkylation sites (N-methyl/N-ethyl adjacent to an activating group) is 1. The predicted octanol–water partition coefficient (Wildman–Crippen LogP) is 2.03. The Balaban J connectivity index is 1.74. The molecule has 1 aliphatic rings. The van der Waals surface area contributed by atoms with E-state index in [0.717, 1.165) is 13.1 Å². The molecule has 2 heterocycles. The van der Waals surface area contributed by atoms with Crippen LogP contribution in [0.5, 0.6) is 0 Å². The molecule has 0 saturated carbocycles. The van der Waals surface area contributed by atoms with Crippen molar-refractivity contribution in [2.24, 2.45) is 0 Å². The first-order valence-electron chi connectivity index (χ1n) is 6.56. The molecule has 1 aromatic carbocycles. The molecule has 1 saturated heterocycles. The molecule has 0 radical (unpaired) electrons. The standard InChI is InChI=1S/C15H19N3/c1-18-8-6-14(11-18)17-10-13-4-2-3-12-9-16-7-5-15(12)13/h2-5,7,9,14,17H,6,8,10-11H2,1H3. The molecule has 94 valence electrons. The van der Waals surface area contributed by atoms with Crippen LogP contribution in [0.2, 0.25) is 0 Å². The van der Waals surface area contributed by atoms with Crippen LogP contribution in [0.25, 0.3) is 10.8 Å². The van der Waals surface area contributed by atoms with Gasteiger partial charge in [-0.25, -0.2) is 0 Å². The molecular formula is C15H19N3. The fourth-order valence-corrected chi connectivity index (χ4v) is 2.70. The van der Waals surface area contributed by atoms with Gasteiger partial charge in [0.2, 0.25) is 0 Å². The summed E-state index contributed by atoms with van der Waals surface area (Å²) in [5.74, 6) is 0. The highest BCUT2D eigenvalue weighted by molar-refractivity contribution is 5.84. The van der Waals surface area contributed by atoms with Gasteiger partial charge in [-0.3, -0.25) is 4.98 Å². The maximum Gasteiger partial charge on any atom is 0.0346 e. The Labute approximate surface area is 108 Å². The minimum absolute atomic E-state index is 0.632. The molecule has 1 unspecified atom stereocenters. The second-order valence-corrected chi connectivity index (χ2v) is 5.14. The number of nitrogens with one attached hydrogen (secondary N) is 1. The quantitative estimate of drug-likeness (QED) is 0.891. The van der Waals surface area contributed by atoms with Gasteiger partial charge in [-0.2, -0.15) is 0 Å². The summed E-state index contributed by atoms with van der Waals surface area (Å²) in [5.41, 5.74) is 1.37. The molecule has 1 aliphatic heterocycles. The van der Waals surface area contributed by atoms with Crippen LogP contribution in [-0.4, -0.2) is 36.1 Å². The molecule has 0 amide bonds. The molecule has 2 aromatic rings. The monoisotopic (exact) mass is 241 g/mol. The molecule has 1 N–H and O–H groups in total. The lowest BCUT2D eigenvalue weighted by molar-refractivity contribution is 0.398. The summed E-state index contributed by atoms with van der Waals surface area (Å²) in [5, 5.41) is 6.19. The van der Waals surface area contributed by atoms with E-state index in [1.807, 2.05) is 12.4 Å². The maximum atomic E-state index is 4.17. The summed E-state index contributed by atoms with van der Waals surface area (Å²) in [6.45, 7) is 3.31. The Morgan fingerprint density at radius 1 is 1.39 bits per heavy atom. The molecule has 0 spiro atoms. The van der Waals surface area contributed by atoms with E-state index in [-0.39, 0.29) is 0 Å². The van der Waals surface area contributed by atoms with Crippen molar-refractivity contribution in [2.45, 2.75) is 19.0 Å². The lowest BCUT2D eigenvalue weighted by Crippen LogP contribution is -2.30. The molecule has 3 rings (SSSR count). The molecule has 3 heteroatoms. The molecule has 18 heavy (non-hydrogen) atoms. The normalized spacial score (nSPS) is 20.6. The van der Waals surface area contributed by atoms with E-state index in [0.29, 0.717) is 6.04 Å². The van der Waals surface area contributed by atoms with Gasteiger partial charge in [-0.15, -0.1) is 0 Å². The zero-order valence-electron chi connectivity index (χ0n) is 10.8. The molecule has 1 fully saturated rings. The Bertz CT molecular complexity index is 533. The number of aromatic nitrogens is 1. The zero-order valence-corrected chi connectivity index (χ0v) is 10.8. The average Bonchev–Trinajstić information content (AvgIpc) is 2.82. The lowest BCUT2D eigenvalue weighted by Gasteiger charge is -2.14. The third-order valence-electron chi connectivity index (χ3n) is 3.74. The number of benzene rings is 1. The van der Waals surface area contributed by atoms with Gasteiger partial charge in [0, 0.05) is 36.9 Å². The Morgan fingerprint density at radius 3 is 3.17 bits per heavy atom. The number of pyridine rings is 1. The van der Waals surface area contributed by atoms with Crippen LogP contribution in [-0.2, 0) is 6.54 Å². The van der Waals surface area contributed by atoms with Gasteiger partial charge < -0.3 is 10.2 Å². The summed E-state index contributed by atoms with van der Waals surface area (Å²) in [6, 6.07) is 9.17. The highest BCUT2D eigenvalue weighted by Crippen LogP contribution is 2.18. The molecule has 1 atom stereocenters. The number of rotatable bonds is 3. The second-order valence-electron chi connectivity index (χ2n) is 5.14. The topological polar surface area (TPSA) is 28.2 Å². The summed E-state index contributed by atoms with van der Waals surface area (Å²) in [7, 11) is 2.19. The van der Waals surface area contributed by atoms with E-state index in [1.165, 1.54) is 29.3 Å². The van der Waals surface area contributed by atoms with Gasteiger partial charge in [-0.1, -0.05) is 18.2 Å². The summed E-state index contributed by atoms with van der Waals surface area (Å²) >= 11 is 0. The minimum Gasteiger partial charge on any atom is -0.309 e. The van der Waals surface area contributed by atoms with E-state index < -0.39 is 0 Å². The van der Waals surface area contributed by atoms with Gasteiger partial charge in [0.15, 0.2) is 0 Å². The van der Waals surface area contributed by atoms with Crippen LogP contribution >= 0.6 is 0 Å². The van der Waals surface area contributed by atoms with Crippen molar-refractivity contribution >= 4 is 10.8 Å². The van der Waals surface area contributed by atoms with Crippen molar-refractivity contribution in [2.75, 3.05) is 20.1 Å². The van der Waals surface area contributed by atoms with Crippen molar-refractivity contribution in [3.05, 3.63) is 42.2 Å². The number of likely N-dealkylation sites (tertiary alicyclic amines) is 1. The number of fused-ring (bicyclic) bond motifs is 1. The van der Waals surface area contributed by atoms with Crippen LogP contribution < -0.4 is 5.32 Å². The Kier molecular flexibility index (Phi) is 3.26. The first-order chi connectivity index (χ1) is 8.83. The first-order valence-corrected chi connectivity index (χ1v) is 6.56. The number of hydrogen-bond donors (Lipinski definition) is 1. The Morgan fingerprint density at radius 2 is 2.33 bits per heavy atom. The smallest absolute Gasteiger partial charge is 0.0346 e. The Hall–Kier alpha value is -1.45. The van der Waals surface area contributed by atoms with Crippen molar-refractivity contribution < 1.29 is 0 Å². The van der Waals surface area contributed by atoms with Gasteiger partial charge in [0.25, 0.3) is 0 Å². The predicted molar refractivity (Wildman–Crippen MR) is 74.5 cm³/mol. The van der Waals surface area contributed by atoms with Crippen molar-refractivity contribution in [3.8, 4) is 0 Å². The van der Waals surface area contributed by atoms with Gasteiger partial charge in [0.05, 0.1) is 0 Å². The highest BCUT2D eigenvalue weighted by atomic mass is 15.2. The molecular weight excluding hydrogens is 222 g/mol. The van der Waals surface area contributed by atoms with Gasteiger partial charge in [0.1, 0.15) is 0 Å². The third-order valence-corrected chi connectivity index (χ3v) is 3.74. The van der Waals surface area contributed by atoms with E-state index in [1.54, 1.807) is 0 Å². The summed E-state index contributed by atoms with van der Waals surface area (Å²) < 4.78 is 0. The number of hydrogen-bond acceptors (Lipinski definition) is 3. The highest BCUT2D eigenvalue weighted by Gasteiger charge is 2.18. The first kappa shape index (κ1) is 11.6. The van der Waals surface area contributed by atoms with E-state index in [9.17, 15) is 0 Å². The van der Waals surface area contributed by atoms with Crippen molar-refractivity contribution in [1.29, 1.82) is 0 Å². The zero-order chi connectivity index (χ0) is 12.4. The van der Waals surface area contributed by atoms with Crippen LogP contribution in [0.15, 0.2) is 36.7 Å². The van der Waals surface area contributed by atoms with Crippen LogP contribution in [0.3, 0.4) is 0 Å². The maximum absolute atomic E-state index is 4.17. The van der Waals surface area contributed by atoms with E-state index >= 15 is 0 Å². The molecule has 0 bridgehead atoms. The SMILES string of the molecule is CN1CCC(NCc2cccc3cnccc23)C1. The van der Waals surface area contributed by atoms with Gasteiger partial charge >= 0.3 is 0 Å². The second kappa shape index (κ2) is 5.04. The van der Waals surface area contributed by atoms with Crippen LogP contribution in [0, 0.1) is 0 Å². The van der Waals surface area contributed by atoms with Crippen LogP contribution in [0.1, 0.15) is 12.0 Å². The van der Waals surface area contributed by atoms with E-state index in [2.05, 4.69) is 46.5 Å². The summed E-state index contributed by atoms with van der Waals surface area (Å²) in [4.78, 5) is 6.55. The molecule has 3 nitrogen and oxygen atoms in total. The lowest BCUT2D eigenvalue weighted by atomic mass is 10.1. The minimum atomic E-state index is 0.632. The van der Waals surface area contributed by atoms with E-state index in [4.69, 9.17) is 0 Å². The van der Waals surface area contributed by atoms with Crippen molar-refractivity contribution in [3.63, 3.8) is 0 Å². The third kappa shape index (κ3) is 2.37. The summed E-state index contributed by atoms with van der Waals surface area (Å²) in [6.07, 6.45) is 5.06. The fourth-order valence-electron chi connectivity index (χ4n) is 2.70. The molecule has 1 aromatic heterocycles. The average molecular weight is 241 g/mol. The fraction of sp³-hybridized carbons (Fsp3) is 0.400.